The lowest BCUT2D eigenvalue weighted by molar-refractivity contribution is -0.139. The number of nitriles is 1. The van der Waals surface area contributed by atoms with Crippen LogP contribution in [0.4, 0.5) is 0 Å². The number of aromatic nitrogens is 1. The van der Waals surface area contributed by atoms with Crippen molar-refractivity contribution >= 4 is 5.97 Å². The molecule has 4 rings (SSSR count). The molecule has 32 heavy (non-hydrogen) atoms. The Kier molecular flexibility index (Phi) is 6.24. The van der Waals surface area contributed by atoms with Crippen molar-refractivity contribution in [2.75, 3.05) is 7.11 Å². The fraction of sp³-hybridized carbons (Fsp3) is 0.0741. The van der Waals surface area contributed by atoms with Crippen molar-refractivity contribution < 1.29 is 14.3 Å². The summed E-state index contributed by atoms with van der Waals surface area (Å²) in [5.74, 6) is 1.16. The molecule has 0 unspecified atom stereocenters. The number of rotatable bonds is 6. The number of ether oxygens (including phenoxy) is 2. The molecule has 0 amide bonds. The van der Waals surface area contributed by atoms with E-state index in [-0.39, 0.29) is 12.4 Å². The lowest BCUT2D eigenvalue weighted by Gasteiger charge is -2.10. The zero-order valence-corrected chi connectivity index (χ0v) is 17.5. The summed E-state index contributed by atoms with van der Waals surface area (Å²) in [7, 11) is 1.37. The van der Waals surface area contributed by atoms with Crippen molar-refractivity contribution in [2.24, 2.45) is 0 Å². The second kappa shape index (κ2) is 9.59. The summed E-state index contributed by atoms with van der Waals surface area (Å²) in [6.45, 7) is 0. The molecular weight excluding hydrogens is 400 g/mol. The fourth-order valence-corrected chi connectivity index (χ4v) is 3.32. The minimum absolute atomic E-state index is 0.191. The SMILES string of the molecule is COC(=O)Cc1cccc(-c2ccc(C#N)c(-c3ccc(Oc4ccccc4)cc3)n2)c1. The number of nitrogens with zero attached hydrogens (tertiary/aromatic N) is 2. The Morgan fingerprint density at radius 1 is 0.875 bits per heavy atom. The first-order valence-electron chi connectivity index (χ1n) is 10.1. The Morgan fingerprint density at radius 2 is 1.62 bits per heavy atom. The number of para-hydroxylation sites is 1. The molecule has 0 radical (unpaired) electrons. The third-order valence-electron chi connectivity index (χ3n) is 4.92. The minimum atomic E-state index is -0.298. The van der Waals surface area contributed by atoms with Crippen LogP contribution in [-0.4, -0.2) is 18.1 Å². The van der Waals surface area contributed by atoms with Gasteiger partial charge in [0, 0.05) is 11.1 Å². The number of benzene rings is 3. The van der Waals surface area contributed by atoms with Crippen molar-refractivity contribution in [1.29, 1.82) is 5.26 Å². The summed E-state index contributed by atoms with van der Waals surface area (Å²) < 4.78 is 10.6. The fourth-order valence-electron chi connectivity index (χ4n) is 3.32. The molecule has 3 aromatic carbocycles. The molecule has 5 nitrogen and oxygen atoms in total. The van der Waals surface area contributed by atoms with Gasteiger partial charge in [0.2, 0.25) is 0 Å². The van der Waals surface area contributed by atoms with Gasteiger partial charge in [0.05, 0.1) is 30.5 Å². The monoisotopic (exact) mass is 420 g/mol. The van der Waals surface area contributed by atoms with Gasteiger partial charge in [-0.25, -0.2) is 4.98 Å². The molecule has 0 bridgehead atoms. The second-order valence-corrected chi connectivity index (χ2v) is 7.10. The summed E-state index contributed by atoms with van der Waals surface area (Å²) in [5, 5.41) is 9.59. The predicted octanol–water partition coefficient (Wildman–Crippen LogP) is 5.80. The molecule has 0 aliphatic rings. The maximum Gasteiger partial charge on any atom is 0.309 e. The summed E-state index contributed by atoms with van der Waals surface area (Å²) >= 11 is 0. The smallest absolute Gasteiger partial charge is 0.309 e. The van der Waals surface area contributed by atoms with E-state index in [0.717, 1.165) is 28.1 Å². The highest BCUT2D eigenvalue weighted by Gasteiger charge is 2.11. The van der Waals surface area contributed by atoms with E-state index in [4.69, 9.17) is 14.5 Å². The van der Waals surface area contributed by atoms with Crippen LogP contribution in [0.15, 0.2) is 91.0 Å². The van der Waals surface area contributed by atoms with Crippen molar-refractivity contribution in [1.82, 2.24) is 4.98 Å². The second-order valence-electron chi connectivity index (χ2n) is 7.10. The van der Waals surface area contributed by atoms with E-state index in [1.165, 1.54) is 7.11 Å². The average Bonchev–Trinajstić information content (AvgIpc) is 2.85. The normalized spacial score (nSPS) is 10.2. The summed E-state index contributed by atoms with van der Waals surface area (Å²) in [6.07, 6.45) is 0.191. The molecule has 0 N–H and O–H groups in total. The number of esters is 1. The molecular formula is C27H20N2O3. The Labute approximate surface area is 186 Å². The zero-order chi connectivity index (χ0) is 22.3. The Hall–Kier alpha value is -4.43. The summed E-state index contributed by atoms with van der Waals surface area (Å²) in [5.41, 5.74) is 4.31. The van der Waals surface area contributed by atoms with E-state index in [9.17, 15) is 10.1 Å². The van der Waals surface area contributed by atoms with E-state index < -0.39 is 0 Å². The number of carbonyl (C=O) groups excluding carboxylic acids is 1. The standard InChI is InChI=1S/C27H20N2O3/c1-31-26(30)17-19-6-5-7-21(16-19)25-15-12-22(18-28)27(29-25)20-10-13-24(14-11-20)32-23-8-3-2-4-9-23/h2-16H,17H2,1H3. The van der Waals surface area contributed by atoms with Gasteiger partial charge in [-0.2, -0.15) is 5.26 Å². The van der Waals surface area contributed by atoms with E-state index in [2.05, 4.69) is 6.07 Å². The average molecular weight is 420 g/mol. The molecule has 1 heterocycles. The van der Waals surface area contributed by atoms with Crippen molar-refractivity contribution in [3.05, 3.63) is 102 Å². The highest BCUT2D eigenvalue weighted by Crippen LogP contribution is 2.29. The van der Waals surface area contributed by atoms with Crippen LogP contribution in [0.25, 0.3) is 22.5 Å². The van der Waals surface area contributed by atoms with Crippen LogP contribution in [0.3, 0.4) is 0 Å². The van der Waals surface area contributed by atoms with Crippen LogP contribution < -0.4 is 4.74 Å². The quantitative estimate of drug-likeness (QED) is 0.369. The predicted molar refractivity (Wildman–Crippen MR) is 122 cm³/mol. The van der Waals surface area contributed by atoms with Crippen molar-refractivity contribution in [2.45, 2.75) is 6.42 Å². The number of pyridine rings is 1. The van der Waals surface area contributed by atoms with Crippen molar-refractivity contribution in [3.8, 4) is 40.1 Å². The van der Waals surface area contributed by atoms with Gasteiger partial charge in [0.25, 0.3) is 0 Å². The van der Waals surface area contributed by atoms with Gasteiger partial charge < -0.3 is 9.47 Å². The molecule has 4 aromatic rings. The molecule has 0 spiro atoms. The van der Waals surface area contributed by atoms with Crippen LogP contribution in [0.5, 0.6) is 11.5 Å². The number of hydrogen-bond acceptors (Lipinski definition) is 5. The highest BCUT2D eigenvalue weighted by atomic mass is 16.5. The van der Waals surface area contributed by atoms with Crippen LogP contribution in [0, 0.1) is 11.3 Å². The number of methoxy groups -OCH3 is 1. The third kappa shape index (κ3) is 4.82. The molecule has 0 saturated heterocycles. The van der Waals surface area contributed by atoms with E-state index >= 15 is 0 Å². The molecule has 5 heteroatoms. The maximum atomic E-state index is 11.6. The van der Waals surface area contributed by atoms with Crippen LogP contribution in [-0.2, 0) is 16.0 Å². The van der Waals surface area contributed by atoms with E-state index in [1.54, 1.807) is 6.07 Å². The Bertz CT molecular complexity index is 1280. The van der Waals surface area contributed by atoms with Gasteiger partial charge in [-0.05, 0) is 60.2 Å². The Morgan fingerprint density at radius 3 is 2.34 bits per heavy atom. The Balaban J connectivity index is 1.64. The number of carbonyl (C=O) groups is 1. The van der Waals surface area contributed by atoms with Crippen LogP contribution in [0.1, 0.15) is 11.1 Å². The first-order valence-corrected chi connectivity index (χ1v) is 10.1. The summed E-state index contributed by atoms with van der Waals surface area (Å²) in [4.78, 5) is 16.4. The first-order chi connectivity index (χ1) is 15.7. The zero-order valence-electron chi connectivity index (χ0n) is 17.5. The van der Waals surface area contributed by atoms with E-state index in [0.29, 0.717) is 17.0 Å². The van der Waals surface area contributed by atoms with Gasteiger partial charge in [0.1, 0.15) is 17.6 Å². The lowest BCUT2D eigenvalue weighted by atomic mass is 10.0. The molecule has 0 aliphatic carbocycles. The first kappa shape index (κ1) is 20.8. The third-order valence-corrected chi connectivity index (χ3v) is 4.92. The molecule has 156 valence electrons. The van der Waals surface area contributed by atoms with Crippen LogP contribution >= 0.6 is 0 Å². The van der Waals surface area contributed by atoms with Gasteiger partial charge in [-0.3, -0.25) is 4.79 Å². The van der Waals surface area contributed by atoms with Crippen LogP contribution in [0.2, 0.25) is 0 Å². The maximum absolute atomic E-state index is 11.6. The van der Waals surface area contributed by atoms with Gasteiger partial charge in [0.15, 0.2) is 0 Å². The minimum Gasteiger partial charge on any atom is -0.469 e. The van der Waals surface area contributed by atoms with Crippen molar-refractivity contribution in [3.63, 3.8) is 0 Å². The highest BCUT2D eigenvalue weighted by molar-refractivity contribution is 5.75. The molecule has 0 atom stereocenters. The number of hydrogen-bond donors (Lipinski definition) is 0. The topological polar surface area (TPSA) is 72.2 Å². The molecule has 0 saturated carbocycles. The summed E-state index contributed by atoms with van der Waals surface area (Å²) in [6, 6.07) is 30.4. The molecule has 1 aromatic heterocycles. The lowest BCUT2D eigenvalue weighted by Crippen LogP contribution is -2.04. The molecule has 0 fully saturated rings. The van der Waals surface area contributed by atoms with E-state index in [1.807, 2.05) is 84.9 Å². The largest absolute Gasteiger partial charge is 0.469 e. The van der Waals surface area contributed by atoms with Gasteiger partial charge in [-0.1, -0.05) is 36.4 Å². The molecule has 0 aliphatic heterocycles. The van der Waals surface area contributed by atoms with Gasteiger partial charge in [-0.15, -0.1) is 0 Å². The van der Waals surface area contributed by atoms with Gasteiger partial charge >= 0.3 is 5.97 Å².